The smallest absolute Gasteiger partial charge is 0.229 e. The van der Waals surface area contributed by atoms with E-state index in [1.54, 1.807) is 0 Å². The lowest BCUT2D eigenvalue weighted by Gasteiger charge is -2.04. The van der Waals surface area contributed by atoms with Gasteiger partial charge in [0.1, 0.15) is 11.5 Å². The molecular weight excluding hydrogens is 276 g/mol. The van der Waals surface area contributed by atoms with Crippen molar-refractivity contribution >= 4 is 34.1 Å². The van der Waals surface area contributed by atoms with Crippen LogP contribution in [0.1, 0.15) is 0 Å². The molecule has 0 heterocycles. The van der Waals surface area contributed by atoms with Crippen molar-refractivity contribution in [3.8, 4) is 0 Å². The van der Waals surface area contributed by atoms with E-state index in [0.29, 0.717) is 12.1 Å². The van der Waals surface area contributed by atoms with E-state index in [-0.39, 0.29) is 0 Å². The molecule has 0 saturated carbocycles. The topological polar surface area (TPSA) is 12.4 Å². The Balaban J connectivity index is 3.21. The Morgan fingerprint density at radius 1 is 1.12 bits per heavy atom. The quantitative estimate of drug-likeness (QED) is 0.409. The molecule has 0 fully saturated rings. The molecule has 0 saturated heterocycles. The van der Waals surface area contributed by atoms with Crippen LogP contribution < -0.4 is 0 Å². The van der Waals surface area contributed by atoms with Crippen molar-refractivity contribution in [2.75, 3.05) is 0 Å². The van der Waals surface area contributed by atoms with Gasteiger partial charge < -0.3 is 0 Å². The SMILES string of the molecule is Fc1cc(F)c(N=C(Cl)C(F)(F)F)cc1Cl. The Morgan fingerprint density at radius 2 is 1.69 bits per heavy atom. The van der Waals surface area contributed by atoms with Gasteiger partial charge in [-0.15, -0.1) is 0 Å². The Labute approximate surface area is 96.5 Å². The fraction of sp³-hybridized carbons (Fsp3) is 0.125. The highest BCUT2D eigenvalue weighted by atomic mass is 35.5. The Bertz CT molecular complexity index is 441. The number of rotatable bonds is 1. The zero-order valence-corrected chi connectivity index (χ0v) is 8.76. The maximum Gasteiger partial charge on any atom is 0.444 e. The van der Waals surface area contributed by atoms with Crippen LogP contribution in [-0.4, -0.2) is 11.3 Å². The maximum atomic E-state index is 12.9. The van der Waals surface area contributed by atoms with Crippen LogP contribution in [0.3, 0.4) is 0 Å². The van der Waals surface area contributed by atoms with Crippen LogP contribution in [-0.2, 0) is 0 Å². The van der Waals surface area contributed by atoms with Gasteiger partial charge in [0.05, 0.1) is 5.02 Å². The van der Waals surface area contributed by atoms with Gasteiger partial charge in [0.25, 0.3) is 0 Å². The number of hydrogen-bond acceptors (Lipinski definition) is 1. The van der Waals surface area contributed by atoms with Crippen LogP contribution in [0.25, 0.3) is 0 Å². The van der Waals surface area contributed by atoms with E-state index in [2.05, 4.69) is 4.99 Å². The molecule has 16 heavy (non-hydrogen) atoms. The molecule has 0 N–H and O–H groups in total. The molecule has 0 bridgehead atoms. The van der Waals surface area contributed by atoms with Gasteiger partial charge in [-0.3, -0.25) is 0 Å². The fourth-order valence-corrected chi connectivity index (χ4v) is 1.02. The summed E-state index contributed by atoms with van der Waals surface area (Å²) in [5.74, 6) is -2.38. The Hall–Kier alpha value is -0.880. The summed E-state index contributed by atoms with van der Waals surface area (Å²) in [6.45, 7) is 0. The van der Waals surface area contributed by atoms with Crippen LogP contribution >= 0.6 is 23.2 Å². The van der Waals surface area contributed by atoms with Gasteiger partial charge in [0.2, 0.25) is 5.17 Å². The van der Waals surface area contributed by atoms with Crippen molar-refractivity contribution in [1.82, 2.24) is 0 Å². The lowest BCUT2D eigenvalue weighted by molar-refractivity contribution is -0.0558. The molecule has 1 aromatic rings. The number of nitrogens with zero attached hydrogens (tertiary/aromatic N) is 1. The molecule has 1 aromatic carbocycles. The van der Waals surface area contributed by atoms with Crippen molar-refractivity contribution < 1.29 is 22.0 Å². The molecular formula is C8H2Cl2F5N. The third-order valence-electron chi connectivity index (χ3n) is 1.44. The van der Waals surface area contributed by atoms with Crippen LogP contribution in [0.4, 0.5) is 27.6 Å². The number of aliphatic imine (C=N–C) groups is 1. The first-order valence-corrected chi connectivity index (χ1v) is 4.43. The summed E-state index contributed by atoms with van der Waals surface area (Å²) in [5.41, 5.74) is -0.784. The first kappa shape index (κ1) is 13.2. The molecule has 0 aliphatic rings. The van der Waals surface area contributed by atoms with Crippen LogP contribution in [0.15, 0.2) is 17.1 Å². The zero-order chi connectivity index (χ0) is 12.5. The third kappa shape index (κ3) is 3.05. The molecule has 0 unspecified atom stereocenters. The monoisotopic (exact) mass is 277 g/mol. The predicted octanol–water partition coefficient (Wildman–Crippen LogP) is 4.45. The molecule has 0 amide bonds. The van der Waals surface area contributed by atoms with Crippen molar-refractivity contribution in [2.24, 2.45) is 4.99 Å². The second-order valence-electron chi connectivity index (χ2n) is 2.62. The summed E-state index contributed by atoms with van der Waals surface area (Å²) in [7, 11) is 0. The standard InChI is InChI=1S/C8H2Cl2F5N/c9-3-1-6(5(12)2-4(3)11)16-7(10)8(13,14)15/h1-2H. The fourth-order valence-electron chi connectivity index (χ4n) is 0.767. The van der Waals surface area contributed by atoms with Gasteiger partial charge in [-0.2, -0.15) is 13.2 Å². The number of benzene rings is 1. The Kier molecular flexibility index (Phi) is 3.75. The average molecular weight is 278 g/mol. The van der Waals surface area contributed by atoms with Gasteiger partial charge in [-0.05, 0) is 6.07 Å². The van der Waals surface area contributed by atoms with Crippen molar-refractivity contribution in [1.29, 1.82) is 0 Å². The second-order valence-corrected chi connectivity index (χ2v) is 3.38. The molecule has 0 aliphatic carbocycles. The van der Waals surface area contributed by atoms with Crippen molar-refractivity contribution in [2.45, 2.75) is 6.18 Å². The second kappa shape index (κ2) is 4.55. The van der Waals surface area contributed by atoms with Gasteiger partial charge in [-0.25, -0.2) is 13.8 Å². The highest BCUT2D eigenvalue weighted by Crippen LogP contribution is 2.29. The normalized spacial score (nSPS) is 13.1. The summed E-state index contributed by atoms with van der Waals surface area (Å²) in [6.07, 6.45) is -4.89. The maximum absolute atomic E-state index is 12.9. The summed E-state index contributed by atoms with van der Waals surface area (Å²) in [4.78, 5) is 2.76. The molecule has 1 rings (SSSR count). The molecule has 1 nitrogen and oxygen atoms in total. The van der Waals surface area contributed by atoms with Crippen molar-refractivity contribution in [3.63, 3.8) is 0 Å². The average Bonchev–Trinajstić information content (AvgIpc) is 2.12. The molecule has 0 radical (unpaired) electrons. The molecule has 88 valence electrons. The van der Waals surface area contributed by atoms with E-state index in [1.165, 1.54) is 0 Å². The van der Waals surface area contributed by atoms with E-state index in [0.717, 1.165) is 0 Å². The molecule has 0 atom stereocenters. The van der Waals surface area contributed by atoms with E-state index in [4.69, 9.17) is 23.2 Å². The number of hydrogen-bond donors (Lipinski definition) is 0. The van der Waals surface area contributed by atoms with Crippen molar-refractivity contribution in [3.05, 3.63) is 28.8 Å². The third-order valence-corrected chi connectivity index (χ3v) is 2.03. The highest BCUT2D eigenvalue weighted by molar-refractivity contribution is 6.67. The molecule has 0 spiro atoms. The minimum atomic E-state index is -4.89. The summed E-state index contributed by atoms with van der Waals surface area (Å²) < 4.78 is 61.5. The van der Waals surface area contributed by atoms with E-state index < -0.39 is 33.7 Å². The van der Waals surface area contributed by atoms with Crippen LogP contribution in [0.5, 0.6) is 0 Å². The lowest BCUT2D eigenvalue weighted by Crippen LogP contribution is -2.16. The largest absolute Gasteiger partial charge is 0.444 e. The highest BCUT2D eigenvalue weighted by Gasteiger charge is 2.34. The molecule has 8 heteroatoms. The van der Waals surface area contributed by atoms with Gasteiger partial charge >= 0.3 is 6.18 Å². The van der Waals surface area contributed by atoms with Crippen LogP contribution in [0.2, 0.25) is 5.02 Å². The summed E-state index contributed by atoms with van der Waals surface area (Å²) in [5, 5.41) is -2.32. The predicted molar refractivity (Wildman–Crippen MR) is 50.4 cm³/mol. The summed E-state index contributed by atoms with van der Waals surface area (Å²) >= 11 is 10.0. The Morgan fingerprint density at radius 3 is 2.19 bits per heavy atom. The molecule has 0 aliphatic heterocycles. The minimum Gasteiger partial charge on any atom is -0.229 e. The molecule has 0 aromatic heterocycles. The van der Waals surface area contributed by atoms with E-state index in [9.17, 15) is 22.0 Å². The number of alkyl halides is 3. The van der Waals surface area contributed by atoms with E-state index in [1.807, 2.05) is 0 Å². The van der Waals surface area contributed by atoms with Crippen LogP contribution in [0, 0.1) is 11.6 Å². The first-order chi connectivity index (χ1) is 7.21. The number of halogens is 7. The first-order valence-electron chi connectivity index (χ1n) is 3.67. The summed E-state index contributed by atoms with van der Waals surface area (Å²) in [6, 6.07) is 0.933. The van der Waals surface area contributed by atoms with Gasteiger partial charge in [0.15, 0.2) is 5.82 Å². The van der Waals surface area contributed by atoms with Gasteiger partial charge in [-0.1, -0.05) is 23.2 Å². The van der Waals surface area contributed by atoms with E-state index >= 15 is 0 Å². The lowest BCUT2D eigenvalue weighted by atomic mass is 10.3. The minimum absolute atomic E-state index is 0.321. The van der Waals surface area contributed by atoms with Gasteiger partial charge in [0, 0.05) is 6.07 Å². The zero-order valence-electron chi connectivity index (χ0n) is 7.25.